The Morgan fingerprint density at radius 1 is 0.643 bits per heavy atom. The number of halogens is 4. The summed E-state index contributed by atoms with van der Waals surface area (Å²) in [6.45, 7) is 1.83. The topological polar surface area (TPSA) is 44.8 Å². The van der Waals surface area contributed by atoms with Gasteiger partial charge in [-0.05, 0) is 94.9 Å². The first kappa shape index (κ1) is 21.9. The van der Waals surface area contributed by atoms with E-state index in [-0.39, 0.29) is 0 Å². The minimum Gasteiger partial charge on any atom is -0.386 e. The van der Waals surface area contributed by atoms with Gasteiger partial charge in [0, 0.05) is 14.5 Å². The molecule has 0 saturated heterocycles. The van der Waals surface area contributed by atoms with Gasteiger partial charge in [0.25, 0.3) is 0 Å². The lowest BCUT2D eigenvalue weighted by molar-refractivity contribution is 0.297. The molecule has 0 aliphatic rings. The van der Waals surface area contributed by atoms with Gasteiger partial charge in [-0.25, -0.2) is 0 Å². The molecule has 0 saturated carbocycles. The molecule has 0 aromatic heterocycles. The summed E-state index contributed by atoms with van der Waals surface area (Å²) in [4.78, 5) is 0. The van der Waals surface area contributed by atoms with Crippen LogP contribution in [0.1, 0.15) is 5.56 Å². The molecule has 3 rings (SSSR count). The molecule has 0 atom stereocenters. The SMILES string of the molecule is Cc1c(Br)c(Br)c(Br)c(Br)c1OP(=O)(Oc1ccccc1)Oc1ccccc1. The number of phosphoric acid groups is 1. The van der Waals surface area contributed by atoms with Crippen molar-refractivity contribution in [1.29, 1.82) is 0 Å². The average molecular weight is 656 g/mol. The van der Waals surface area contributed by atoms with Gasteiger partial charge >= 0.3 is 7.82 Å². The Balaban J connectivity index is 2.04. The summed E-state index contributed by atoms with van der Waals surface area (Å²) < 4.78 is 33.7. The number of rotatable bonds is 6. The molecule has 0 spiro atoms. The molecule has 146 valence electrons. The van der Waals surface area contributed by atoms with Crippen LogP contribution in [0.5, 0.6) is 17.2 Å². The molecule has 0 fully saturated rings. The van der Waals surface area contributed by atoms with Crippen LogP contribution >= 0.6 is 71.5 Å². The predicted octanol–water partition coefficient (Wildman–Crippen LogP) is 8.69. The van der Waals surface area contributed by atoms with Gasteiger partial charge in [0.05, 0.1) is 8.95 Å². The van der Waals surface area contributed by atoms with Gasteiger partial charge in [-0.2, -0.15) is 4.57 Å². The Kier molecular flexibility index (Phi) is 7.32. The second kappa shape index (κ2) is 9.35. The first-order valence-corrected chi connectivity index (χ1v) is 12.6. The summed E-state index contributed by atoms with van der Waals surface area (Å²) in [7, 11) is -4.08. The van der Waals surface area contributed by atoms with Gasteiger partial charge in [0.2, 0.25) is 0 Å². The van der Waals surface area contributed by atoms with Crippen LogP contribution in [0.4, 0.5) is 0 Å². The maximum absolute atomic E-state index is 13.6. The Bertz CT molecular complexity index is 955. The van der Waals surface area contributed by atoms with Gasteiger partial charge in [0.1, 0.15) is 11.5 Å². The van der Waals surface area contributed by atoms with Crippen LogP contribution in [0.3, 0.4) is 0 Å². The van der Waals surface area contributed by atoms with E-state index < -0.39 is 7.82 Å². The molecule has 0 radical (unpaired) electrons. The zero-order chi connectivity index (χ0) is 20.3. The molecule has 0 bridgehead atoms. The third-order valence-electron chi connectivity index (χ3n) is 3.57. The van der Waals surface area contributed by atoms with E-state index in [2.05, 4.69) is 63.7 Å². The predicted molar refractivity (Wildman–Crippen MR) is 124 cm³/mol. The van der Waals surface area contributed by atoms with Gasteiger partial charge in [-0.3, -0.25) is 0 Å². The average Bonchev–Trinajstić information content (AvgIpc) is 2.70. The number of benzene rings is 3. The standard InChI is InChI=1S/C19H13Br4O4P/c1-12-15(20)16(21)17(22)18(23)19(12)27-28(24,25-13-8-4-2-5-9-13)26-14-10-6-3-7-11-14/h2-11H,1H3. The normalized spacial score (nSPS) is 11.2. The molecular formula is C19H13Br4O4P. The van der Waals surface area contributed by atoms with Crippen LogP contribution in [0.15, 0.2) is 78.6 Å². The van der Waals surface area contributed by atoms with Crippen molar-refractivity contribution >= 4 is 71.5 Å². The summed E-state index contributed by atoms with van der Waals surface area (Å²) in [6, 6.07) is 17.5. The highest BCUT2D eigenvalue weighted by Gasteiger charge is 2.35. The van der Waals surface area contributed by atoms with E-state index in [1.165, 1.54) is 0 Å². The number of para-hydroxylation sites is 2. The van der Waals surface area contributed by atoms with Crippen molar-refractivity contribution < 1.29 is 18.1 Å². The second-order valence-electron chi connectivity index (χ2n) is 5.56. The van der Waals surface area contributed by atoms with E-state index in [9.17, 15) is 4.57 Å². The molecule has 0 heterocycles. The van der Waals surface area contributed by atoms with E-state index in [4.69, 9.17) is 13.6 Å². The molecule has 0 aliphatic heterocycles. The molecule has 9 heteroatoms. The smallest absolute Gasteiger partial charge is 0.386 e. The molecule has 3 aromatic rings. The van der Waals surface area contributed by atoms with Gasteiger partial charge in [-0.15, -0.1) is 0 Å². The van der Waals surface area contributed by atoms with E-state index in [1.54, 1.807) is 48.5 Å². The molecule has 0 N–H and O–H groups in total. The molecule has 0 unspecified atom stereocenters. The largest absolute Gasteiger partial charge is 0.647 e. The maximum Gasteiger partial charge on any atom is 0.647 e. The van der Waals surface area contributed by atoms with E-state index in [1.807, 2.05) is 19.1 Å². The Labute approximate surface area is 196 Å². The van der Waals surface area contributed by atoms with E-state index in [0.717, 1.165) is 14.5 Å². The van der Waals surface area contributed by atoms with Gasteiger partial charge in [-0.1, -0.05) is 36.4 Å². The first-order chi connectivity index (χ1) is 13.3. The van der Waals surface area contributed by atoms with Crippen LogP contribution in [-0.2, 0) is 4.57 Å². The summed E-state index contributed by atoms with van der Waals surface area (Å²) in [5.41, 5.74) is 0.718. The zero-order valence-electron chi connectivity index (χ0n) is 14.4. The quantitative estimate of drug-likeness (QED) is 0.151. The zero-order valence-corrected chi connectivity index (χ0v) is 21.6. The molecule has 4 nitrogen and oxygen atoms in total. The van der Waals surface area contributed by atoms with Crippen molar-refractivity contribution in [2.75, 3.05) is 0 Å². The second-order valence-corrected chi connectivity index (χ2v) is 10.2. The summed E-state index contributed by atoms with van der Waals surface area (Å²) in [5, 5.41) is 0. The minimum absolute atomic E-state index is 0.331. The van der Waals surface area contributed by atoms with Crippen molar-refractivity contribution in [3.05, 3.63) is 84.1 Å². The lowest BCUT2D eigenvalue weighted by Crippen LogP contribution is -2.09. The fourth-order valence-electron chi connectivity index (χ4n) is 2.22. The lowest BCUT2D eigenvalue weighted by atomic mass is 10.2. The van der Waals surface area contributed by atoms with Crippen molar-refractivity contribution in [2.45, 2.75) is 6.92 Å². The third kappa shape index (κ3) is 5.03. The van der Waals surface area contributed by atoms with Crippen molar-refractivity contribution in [3.8, 4) is 17.2 Å². The Morgan fingerprint density at radius 3 is 1.54 bits per heavy atom. The Hall–Kier alpha value is -0.790. The molecule has 3 aromatic carbocycles. The lowest BCUT2D eigenvalue weighted by Gasteiger charge is -2.22. The van der Waals surface area contributed by atoms with E-state index >= 15 is 0 Å². The Morgan fingerprint density at radius 2 is 1.07 bits per heavy atom. The highest BCUT2D eigenvalue weighted by molar-refractivity contribution is 9.15. The molecule has 0 aliphatic carbocycles. The maximum atomic E-state index is 13.6. The minimum atomic E-state index is -4.08. The van der Waals surface area contributed by atoms with Crippen LogP contribution in [-0.4, -0.2) is 0 Å². The number of phosphoric ester groups is 1. The van der Waals surface area contributed by atoms with Crippen LogP contribution in [0.2, 0.25) is 0 Å². The van der Waals surface area contributed by atoms with Gasteiger partial charge in [0.15, 0.2) is 5.75 Å². The van der Waals surface area contributed by atoms with Crippen molar-refractivity contribution in [1.82, 2.24) is 0 Å². The third-order valence-corrected chi connectivity index (χ3v) is 9.78. The van der Waals surface area contributed by atoms with E-state index in [0.29, 0.717) is 26.2 Å². The summed E-state index contributed by atoms with van der Waals surface area (Å²) in [5.74, 6) is 1.06. The van der Waals surface area contributed by atoms with Gasteiger partial charge < -0.3 is 13.6 Å². The number of hydrogen-bond acceptors (Lipinski definition) is 4. The highest BCUT2D eigenvalue weighted by Crippen LogP contribution is 2.55. The monoisotopic (exact) mass is 652 g/mol. The van der Waals surface area contributed by atoms with Crippen LogP contribution < -0.4 is 13.6 Å². The van der Waals surface area contributed by atoms with Crippen molar-refractivity contribution in [2.24, 2.45) is 0 Å². The summed E-state index contributed by atoms with van der Waals surface area (Å²) in [6.07, 6.45) is 0. The molecular weight excluding hydrogens is 643 g/mol. The van der Waals surface area contributed by atoms with Crippen LogP contribution in [0, 0.1) is 6.92 Å². The summed E-state index contributed by atoms with van der Waals surface area (Å²) >= 11 is 14.0. The highest BCUT2D eigenvalue weighted by atomic mass is 79.9. The fourth-order valence-corrected chi connectivity index (χ4v) is 6.03. The van der Waals surface area contributed by atoms with Crippen LogP contribution in [0.25, 0.3) is 0 Å². The first-order valence-electron chi connectivity index (χ1n) is 7.92. The number of hydrogen-bond donors (Lipinski definition) is 0. The molecule has 0 amide bonds. The molecule has 28 heavy (non-hydrogen) atoms. The fraction of sp³-hybridized carbons (Fsp3) is 0.0526. The van der Waals surface area contributed by atoms with Crippen molar-refractivity contribution in [3.63, 3.8) is 0 Å².